The van der Waals surface area contributed by atoms with Crippen molar-refractivity contribution < 1.29 is 10.2 Å². The van der Waals surface area contributed by atoms with Gasteiger partial charge in [0.15, 0.2) is 5.82 Å². The quantitative estimate of drug-likeness (QED) is 0.387. The monoisotopic (exact) mass is 505 g/mol. The number of likely N-dealkylation sites (tertiary alicyclic amines) is 1. The lowest BCUT2D eigenvalue weighted by molar-refractivity contribution is 0.148. The number of nitrogens with one attached hydrogen (secondary N) is 2. The molecule has 3 heterocycles. The van der Waals surface area contributed by atoms with E-state index in [-0.39, 0.29) is 23.1 Å². The Hall–Kier alpha value is -3.10. The highest BCUT2D eigenvalue weighted by molar-refractivity contribution is 5.69. The molecule has 198 valence electrons. The van der Waals surface area contributed by atoms with Crippen LogP contribution >= 0.6 is 0 Å². The number of aromatic hydroxyl groups is 2. The second-order valence-corrected chi connectivity index (χ2v) is 11.1. The Morgan fingerprint density at radius 2 is 1.68 bits per heavy atom. The molecule has 2 aliphatic rings. The average molecular weight is 506 g/mol. The van der Waals surface area contributed by atoms with Gasteiger partial charge in [0.05, 0.1) is 11.3 Å². The van der Waals surface area contributed by atoms with E-state index in [1.165, 1.54) is 74.6 Å². The van der Waals surface area contributed by atoms with E-state index in [9.17, 15) is 15.0 Å². The van der Waals surface area contributed by atoms with Gasteiger partial charge in [-0.25, -0.2) is 14.5 Å². The molecule has 8 nitrogen and oxygen atoms in total. The molecule has 4 N–H and O–H groups in total. The highest BCUT2D eigenvalue weighted by atomic mass is 16.3. The van der Waals surface area contributed by atoms with Gasteiger partial charge in [-0.15, -0.1) is 0 Å². The molecule has 2 aliphatic heterocycles. The Morgan fingerprint density at radius 1 is 0.973 bits per heavy atom. The molecule has 3 aromatic rings. The smallest absolute Gasteiger partial charge is 0.348 e. The fraction of sp³-hybridized carbons (Fsp3) is 0.517. The number of aromatic amines is 1. The molecule has 2 aromatic carbocycles. The molecule has 0 atom stereocenters. The van der Waals surface area contributed by atoms with E-state index >= 15 is 0 Å². The van der Waals surface area contributed by atoms with Crippen molar-refractivity contribution in [1.29, 1.82) is 0 Å². The first-order valence-electron chi connectivity index (χ1n) is 13.6. The van der Waals surface area contributed by atoms with Crippen LogP contribution in [0.15, 0.2) is 41.2 Å². The highest BCUT2D eigenvalue weighted by Crippen LogP contribution is 2.37. The van der Waals surface area contributed by atoms with Gasteiger partial charge in [0.1, 0.15) is 11.5 Å². The van der Waals surface area contributed by atoms with E-state index in [2.05, 4.69) is 32.5 Å². The van der Waals surface area contributed by atoms with E-state index in [0.29, 0.717) is 28.6 Å². The Labute approximate surface area is 218 Å². The maximum absolute atomic E-state index is 12.7. The lowest BCUT2D eigenvalue weighted by Crippen LogP contribution is -2.40. The van der Waals surface area contributed by atoms with Crippen LogP contribution in [0.2, 0.25) is 0 Å². The van der Waals surface area contributed by atoms with E-state index in [0.717, 1.165) is 12.3 Å². The number of piperidine rings is 2. The predicted molar refractivity (Wildman–Crippen MR) is 146 cm³/mol. The van der Waals surface area contributed by atoms with Gasteiger partial charge in [0, 0.05) is 12.6 Å². The van der Waals surface area contributed by atoms with Crippen LogP contribution in [0.1, 0.15) is 56.6 Å². The zero-order chi connectivity index (χ0) is 25.9. The molecule has 5 rings (SSSR count). The van der Waals surface area contributed by atoms with Crippen LogP contribution in [0, 0.1) is 11.8 Å². The Bertz CT molecular complexity index is 1250. The summed E-state index contributed by atoms with van der Waals surface area (Å²) in [6, 6.07) is 11.1. The third kappa shape index (κ3) is 5.75. The summed E-state index contributed by atoms with van der Waals surface area (Å²) in [7, 11) is 0. The Balaban J connectivity index is 1.26. The number of hydrogen-bond acceptors (Lipinski definition) is 6. The predicted octanol–water partition coefficient (Wildman–Crippen LogP) is 4.02. The third-order valence-electron chi connectivity index (χ3n) is 8.08. The number of aromatic nitrogens is 3. The van der Waals surface area contributed by atoms with Crippen molar-refractivity contribution in [3.8, 4) is 28.6 Å². The summed E-state index contributed by atoms with van der Waals surface area (Å²) in [6.45, 7) is 9.89. The average Bonchev–Trinajstić information content (AvgIpc) is 3.27. The Kier molecular flexibility index (Phi) is 7.67. The molecule has 0 saturated carbocycles. The molecule has 0 unspecified atom stereocenters. The number of phenols is 2. The van der Waals surface area contributed by atoms with E-state index in [1.807, 2.05) is 26.0 Å². The first-order chi connectivity index (χ1) is 17.9. The third-order valence-corrected chi connectivity index (χ3v) is 8.08. The number of benzene rings is 2. The number of nitrogens with zero attached hydrogens (tertiary/aromatic N) is 3. The summed E-state index contributed by atoms with van der Waals surface area (Å²) in [6.07, 6.45) is 6.12. The number of hydrogen-bond donors (Lipinski definition) is 4. The zero-order valence-corrected chi connectivity index (χ0v) is 21.9. The SMILES string of the molecule is CC(C)c1cc(-c2n[nH]c(=O)n2-c2ccc(CC3CCN(CC4CCNCC4)CC3)cc2)c(O)cc1O. The van der Waals surface area contributed by atoms with Crippen LogP contribution in [0.3, 0.4) is 0 Å². The topological polar surface area (TPSA) is 106 Å². The van der Waals surface area contributed by atoms with Crippen LogP contribution in [-0.2, 0) is 6.42 Å². The van der Waals surface area contributed by atoms with Gasteiger partial charge in [0.2, 0.25) is 0 Å². The molecule has 2 saturated heterocycles. The largest absolute Gasteiger partial charge is 0.508 e. The molecular formula is C29H39N5O3. The van der Waals surface area contributed by atoms with Crippen molar-refractivity contribution in [3.63, 3.8) is 0 Å². The minimum atomic E-state index is -0.373. The van der Waals surface area contributed by atoms with Crippen molar-refractivity contribution in [2.75, 3.05) is 32.7 Å². The molecule has 8 heteroatoms. The van der Waals surface area contributed by atoms with Gasteiger partial charge >= 0.3 is 5.69 Å². The number of rotatable bonds is 7. The summed E-state index contributed by atoms with van der Waals surface area (Å²) < 4.78 is 1.47. The summed E-state index contributed by atoms with van der Waals surface area (Å²) in [5.74, 6) is 1.81. The molecule has 0 spiro atoms. The van der Waals surface area contributed by atoms with Gasteiger partial charge in [0.25, 0.3) is 0 Å². The summed E-state index contributed by atoms with van der Waals surface area (Å²) in [5.41, 5.74) is 2.68. The normalized spacial score (nSPS) is 18.0. The zero-order valence-electron chi connectivity index (χ0n) is 21.9. The molecule has 2 fully saturated rings. The first-order valence-corrected chi connectivity index (χ1v) is 13.6. The first kappa shape index (κ1) is 25.5. The Morgan fingerprint density at radius 3 is 2.35 bits per heavy atom. The standard InChI is InChI=1S/C29H39N5O3/c1-19(2)24-16-25(27(36)17-26(24)35)28-31-32-29(37)34(28)23-5-3-20(4-6-23)15-21-9-13-33(14-10-21)18-22-7-11-30-12-8-22/h3-6,16-17,19,21-22,30,35-36H,7-15,18H2,1-2H3,(H,32,37). The van der Waals surface area contributed by atoms with Crippen molar-refractivity contribution in [2.45, 2.75) is 51.9 Å². The minimum absolute atomic E-state index is 0.0298. The number of H-pyrrole nitrogens is 1. The molecule has 0 aliphatic carbocycles. The summed E-state index contributed by atoms with van der Waals surface area (Å²) in [5, 5.41) is 30.9. The molecule has 0 amide bonds. The van der Waals surface area contributed by atoms with Crippen LogP contribution in [-0.4, -0.2) is 62.6 Å². The summed E-state index contributed by atoms with van der Waals surface area (Å²) in [4.78, 5) is 15.4. The highest BCUT2D eigenvalue weighted by Gasteiger charge is 2.23. The molecule has 0 radical (unpaired) electrons. The van der Waals surface area contributed by atoms with Crippen molar-refractivity contribution in [3.05, 3.63) is 58.0 Å². The van der Waals surface area contributed by atoms with Crippen LogP contribution in [0.4, 0.5) is 0 Å². The van der Waals surface area contributed by atoms with Gasteiger partial charge in [-0.1, -0.05) is 26.0 Å². The van der Waals surface area contributed by atoms with Crippen molar-refractivity contribution >= 4 is 0 Å². The van der Waals surface area contributed by atoms with Gasteiger partial charge in [-0.3, -0.25) is 0 Å². The minimum Gasteiger partial charge on any atom is -0.508 e. The second kappa shape index (κ2) is 11.1. The lowest BCUT2D eigenvalue weighted by Gasteiger charge is -2.35. The molecule has 0 bridgehead atoms. The van der Waals surface area contributed by atoms with E-state index < -0.39 is 0 Å². The van der Waals surface area contributed by atoms with E-state index in [1.54, 1.807) is 6.07 Å². The van der Waals surface area contributed by atoms with E-state index in [4.69, 9.17) is 0 Å². The maximum atomic E-state index is 12.7. The fourth-order valence-corrected chi connectivity index (χ4v) is 5.87. The van der Waals surface area contributed by atoms with Crippen LogP contribution in [0.5, 0.6) is 11.5 Å². The van der Waals surface area contributed by atoms with Gasteiger partial charge < -0.3 is 20.4 Å². The lowest BCUT2D eigenvalue weighted by atomic mass is 9.89. The maximum Gasteiger partial charge on any atom is 0.348 e. The van der Waals surface area contributed by atoms with Crippen molar-refractivity contribution in [2.24, 2.45) is 11.8 Å². The number of phenolic OH excluding ortho intramolecular Hbond substituents is 2. The fourth-order valence-electron chi connectivity index (χ4n) is 5.87. The van der Waals surface area contributed by atoms with Gasteiger partial charge in [-0.05, 0) is 105 Å². The van der Waals surface area contributed by atoms with Crippen molar-refractivity contribution in [1.82, 2.24) is 25.0 Å². The van der Waals surface area contributed by atoms with Crippen LogP contribution < -0.4 is 11.0 Å². The summed E-state index contributed by atoms with van der Waals surface area (Å²) >= 11 is 0. The van der Waals surface area contributed by atoms with Gasteiger partial charge in [-0.2, -0.15) is 5.10 Å². The molecule has 1 aromatic heterocycles. The molecule has 37 heavy (non-hydrogen) atoms. The second-order valence-electron chi connectivity index (χ2n) is 11.1. The molecular weight excluding hydrogens is 466 g/mol. The van der Waals surface area contributed by atoms with Crippen LogP contribution in [0.25, 0.3) is 17.1 Å².